The molecule has 2 N–H and O–H groups in total. The van der Waals surface area contributed by atoms with Crippen molar-refractivity contribution in [2.45, 2.75) is 62.4 Å². The summed E-state index contributed by atoms with van der Waals surface area (Å²) in [5.74, 6) is -1.62. The molecule has 5 aliphatic rings. The molecule has 2 aromatic carbocycles. The minimum atomic E-state index is -0.575. The molecule has 5 fully saturated rings. The summed E-state index contributed by atoms with van der Waals surface area (Å²) in [4.78, 5) is 32.9. The topological polar surface area (TPSA) is 99.5 Å². The van der Waals surface area contributed by atoms with E-state index in [0.29, 0.717) is 37.1 Å². The summed E-state index contributed by atoms with van der Waals surface area (Å²) in [6.07, 6.45) is 6.80. The van der Waals surface area contributed by atoms with E-state index in [9.17, 15) is 19.8 Å². The lowest BCUT2D eigenvalue weighted by Gasteiger charge is -2.49. The molecule has 4 atom stereocenters. The molecular formula is C34H42N2O6. The zero-order valence-electron chi connectivity index (χ0n) is 24.1. The van der Waals surface area contributed by atoms with Crippen LogP contribution in [0.1, 0.15) is 61.5 Å². The van der Waals surface area contributed by atoms with Crippen LogP contribution in [0.15, 0.2) is 48.5 Å². The minimum Gasteiger partial charge on any atom is -0.508 e. The van der Waals surface area contributed by atoms with Crippen LogP contribution in [0.3, 0.4) is 0 Å². The summed E-state index contributed by atoms with van der Waals surface area (Å²) in [5, 5.41) is 20.0. The van der Waals surface area contributed by atoms with Gasteiger partial charge in [0.25, 0.3) is 0 Å². The lowest BCUT2D eigenvalue weighted by molar-refractivity contribution is -0.169. The Hall–Kier alpha value is -3.10. The van der Waals surface area contributed by atoms with E-state index in [-0.39, 0.29) is 23.4 Å². The third kappa shape index (κ3) is 5.06. The highest BCUT2D eigenvalue weighted by atomic mass is 16.5. The van der Waals surface area contributed by atoms with Gasteiger partial charge in [-0.3, -0.25) is 19.4 Å². The Morgan fingerprint density at radius 3 is 1.43 bits per heavy atom. The molecule has 2 aromatic rings. The van der Waals surface area contributed by atoms with Crippen molar-refractivity contribution in [3.63, 3.8) is 0 Å². The van der Waals surface area contributed by atoms with E-state index in [2.05, 4.69) is 9.80 Å². The monoisotopic (exact) mass is 574 g/mol. The Morgan fingerprint density at radius 2 is 1.02 bits per heavy atom. The molecule has 0 unspecified atom stereocenters. The number of carbonyl (C=O) groups is 2. The quantitative estimate of drug-likeness (QED) is 0.451. The zero-order valence-corrected chi connectivity index (χ0v) is 24.1. The van der Waals surface area contributed by atoms with E-state index in [4.69, 9.17) is 9.47 Å². The molecule has 224 valence electrons. The van der Waals surface area contributed by atoms with Gasteiger partial charge in [0.15, 0.2) is 0 Å². The van der Waals surface area contributed by atoms with Crippen LogP contribution in [0.4, 0.5) is 0 Å². The van der Waals surface area contributed by atoms with Gasteiger partial charge in [0, 0.05) is 35.8 Å². The fourth-order valence-electron chi connectivity index (χ4n) is 8.89. The molecule has 7 rings (SSSR count). The lowest BCUT2D eigenvalue weighted by atomic mass is 9.52. The number of aromatic hydroxyl groups is 2. The van der Waals surface area contributed by atoms with E-state index in [1.54, 1.807) is 48.5 Å². The standard InChI is InChI=1S/C34H42N2O6/c37-25-9-5-21(6-10-25)29-31(33(39)41-19-23-13-17-35-15-1-3-27(23)35)30(22-7-11-26(38)12-8-22)32(29)34(40)42-20-24-14-18-36-16-2-4-28(24)36/h5-12,23-24,27-32,37-38H,1-4,13-20H2/t23-,24-,27-,28-,29?,30?,31?,32?/m1/s1. The van der Waals surface area contributed by atoms with Gasteiger partial charge < -0.3 is 19.7 Å². The van der Waals surface area contributed by atoms with Gasteiger partial charge in [0.05, 0.1) is 25.0 Å². The maximum atomic E-state index is 13.9. The van der Waals surface area contributed by atoms with Crippen LogP contribution in [0.2, 0.25) is 0 Å². The molecule has 42 heavy (non-hydrogen) atoms. The molecule has 4 saturated heterocycles. The second-order valence-electron chi connectivity index (χ2n) is 13.1. The maximum Gasteiger partial charge on any atom is 0.310 e. The molecule has 8 heteroatoms. The van der Waals surface area contributed by atoms with Crippen LogP contribution < -0.4 is 0 Å². The summed E-state index contributed by atoms with van der Waals surface area (Å²) in [5.41, 5.74) is 1.63. The lowest BCUT2D eigenvalue weighted by Crippen LogP contribution is -2.52. The van der Waals surface area contributed by atoms with Crippen molar-refractivity contribution in [2.75, 3.05) is 39.4 Å². The normalized spacial score (nSPS) is 34.1. The fraction of sp³-hybridized carbons (Fsp3) is 0.588. The molecule has 1 aliphatic carbocycles. The molecule has 0 spiro atoms. The summed E-state index contributed by atoms with van der Waals surface area (Å²) in [6, 6.07) is 14.6. The molecule has 8 nitrogen and oxygen atoms in total. The van der Waals surface area contributed by atoms with Crippen molar-refractivity contribution in [3.8, 4) is 11.5 Å². The van der Waals surface area contributed by atoms with Crippen LogP contribution in [-0.4, -0.2) is 83.4 Å². The first-order valence-corrected chi connectivity index (χ1v) is 15.9. The van der Waals surface area contributed by atoms with E-state index in [1.165, 1.54) is 12.8 Å². The molecule has 0 bridgehead atoms. The number of hydrogen-bond acceptors (Lipinski definition) is 8. The first-order chi connectivity index (χ1) is 20.5. The number of carbonyl (C=O) groups excluding carboxylic acids is 2. The predicted octanol–water partition coefficient (Wildman–Crippen LogP) is 4.27. The van der Waals surface area contributed by atoms with Gasteiger partial charge in [-0.25, -0.2) is 0 Å². The van der Waals surface area contributed by atoms with Gasteiger partial charge in [-0.1, -0.05) is 24.3 Å². The third-order valence-corrected chi connectivity index (χ3v) is 11.0. The van der Waals surface area contributed by atoms with Crippen molar-refractivity contribution in [3.05, 3.63) is 59.7 Å². The van der Waals surface area contributed by atoms with Crippen LogP contribution in [0.25, 0.3) is 0 Å². The number of rotatable bonds is 8. The van der Waals surface area contributed by atoms with Crippen molar-refractivity contribution in [1.29, 1.82) is 0 Å². The van der Waals surface area contributed by atoms with Gasteiger partial charge in [-0.05, 0) is 100 Å². The third-order valence-electron chi connectivity index (χ3n) is 11.0. The Bertz CT molecular complexity index is 1170. The van der Waals surface area contributed by atoms with Crippen molar-refractivity contribution in [2.24, 2.45) is 23.7 Å². The highest BCUT2D eigenvalue weighted by Crippen LogP contribution is 2.59. The van der Waals surface area contributed by atoms with Crippen LogP contribution >= 0.6 is 0 Å². The smallest absolute Gasteiger partial charge is 0.310 e. The predicted molar refractivity (Wildman–Crippen MR) is 156 cm³/mol. The van der Waals surface area contributed by atoms with Crippen LogP contribution in [-0.2, 0) is 19.1 Å². The van der Waals surface area contributed by atoms with Gasteiger partial charge in [-0.15, -0.1) is 0 Å². The van der Waals surface area contributed by atoms with Gasteiger partial charge in [0.2, 0.25) is 0 Å². The minimum absolute atomic E-state index is 0.135. The average molecular weight is 575 g/mol. The van der Waals surface area contributed by atoms with Crippen molar-refractivity contribution < 1.29 is 29.3 Å². The number of nitrogens with zero attached hydrogens (tertiary/aromatic N) is 2. The average Bonchev–Trinajstić information content (AvgIpc) is 3.76. The summed E-state index contributed by atoms with van der Waals surface area (Å²) in [7, 11) is 0. The number of phenols is 2. The van der Waals surface area contributed by atoms with Crippen molar-refractivity contribution in [1.82, 2.24) is 9.80 Å². The van der Waals surface area contributed by atoms with E-state index in [1.807, 2.05) is 0 Å². The van der Waals surface area contributed by atoms with E-state index < -0.39 is 23.7 Å². The zero-order chi connectivity index (χ0) is 28.8. The highest BCUT2D eigenvalue weighted by Gasteiger charge is 2.60. The summed E-state index contributed by atoms with van der Waals surface area (Å²) >= 11 is 0. The first kappa shape index (κ1) is 27.7. The second kappa shape index (κ2) is 11.5. The molecule has 4 heterocycles. The molecular weight excluding hydrogens is 532 g/mol. The number of benzene rings is 2. The van der Waals surface area contributed by atoms with Crippen molar-refractivity contribution >= 4 is 11.9 Å². The second-order valence-corrected chi connectivity index (χ2v) is 13.1. The number of hydrogen-bond donors (Lipinski definition) is 2. The van der Waals surface area contributed by atoms with Crippen LogP contribution in [0, 0.1) is 23.7 Å². The molecule has 0 aromatic heterocycles. The number of phenolic OH excluding ortho intramolecular Hbond substituents is 2. The SMILES string of the molecule is O=C(OC[C@H]1CCN2CCC[C@H]12)C1C(c2ccc(O)cc2)C(C(=O)OC[C@H]2CCN3CCC[C@H]23)C1c1ccc(O)cc1. The first-order valence-electron chi connectivity index (χ1n) is 15.9. The summed E-state index contributed by atoms with van der Waals surface area (Å²) < 4.78 is 12.2. The fourth-order valence-corrected chi connectivity index (χ4v) is 8.89. The van der Waals surface area contributed by atoms with E-state index >= 15 is 0 Å². The van der Waals surface area contributed by atoms with Crippen LogP contribution in [0.5, 0.6) is 11.5 Å². The van der Waals surface area contributed by atoms with Gasteiger partial charge >= 0.3 is 11.9 Å². The van der Waals surface area contributed by atoms with Gasteiger partial charge in [-0.2, -0.15) is 0 Å². The van der Waals surface area contributed by atoms with E-state index in [0.717, 1.165) is 63.0 Å². The molecule has 0 radical (unpaired) electrons. The molecule has 1 saturated carbocycles. The number of ether oxygens (including phenoxy) is 2. The molecule has 0 amide bonds. The Morgan fingerprint density at radius 1 is 0.619 bits per heavy atom. The maximum absolute atomic E-state index is 13.9. The summed E-state index contributed by atoms with van der Waals surface area (Å²) in [6.45, 7) is 5.19. The van der Waals surface area contributed by atoms with Gasteiger partial charge in [0.1, 0.15) is 11.5 Å². The Labute approximate surface area is 247 Å². The largest absolute Gasteiger partial charge is 0.508 e. The number of esters is 2. The molecule has 4 aliphatic heterocycles. The Balaban J connectivity index is 1.14. The highest BCUT2D eigenvalue weighted by molar-refractivity contribution is 5.85. The number of fused-ring (bicyclic) bond motifs is 2. The Kier molecular flexibility index (Phi) is 7.61.